The maximum atomic E-state index is 12.4. The lowest BCUT2D eigenvalue weighted by Gasteiger charge is -2.31. The average molecular weight is 322 g/mol. The first-order chi connectivity index (χ1) is 10.5. The number of carbonyl (C=O) groups excluding carboxylic acids is 1. The van der Waals surface area contributed by atoms with Gasteiger partial charge in [0.1, 0.15) is 0 Å². The van der Waals surface area contributed by atoms with Gasteiger partial charge in [-0.05, 0) is 25.0 Å². The molecule has 2 rings (SSSR count). The lowest BCUT2D eigenvalue weighted by atomic mass is 9.99. The zero-order valence-corrected chi connectivity index (χ0v) is 13.7. The normalized spacial score (nSPS) is 18.3. The number of anilines is 1. The first-order valence-corrected chi connectivity index (χ1v) is 8.39. The van der Waals surface area contributed by atoms with Crippen molar-refractivity contribution in [3.05, 3.63) is 24.3 Å². The largest absolute Gasteiger partial charge is 0.481 e. The molecule has 120 valence electrons. The Bertz CT molecular complexity index is 548. The minimum Gasteiger partial charge on any atom is -0.481 e. The Hall–Kier alpha value is -1.69. The third kappa shape index (κ3) is 4.40. The number of nitrogens with one attached hydrogen (secondary N) is 1. The summed E-state index contributed by atoms with van der Waals surface area (Å²) >= 11 is 1.69. The second-order valence-electron chi connectivity index (χ2n) is 5.72. The molecule has 1 unspecified atom stereocenters. The van der Waals surface area contributed by atoms with E-state index in [1.807, 2.05) is 24.3 Å². The maximum absolute atomic E-state index is 12.4. The summed E-state index contributed by atoms with van der Waals surface area (Å²) in [5, 5.41) is 12.4. The summed E-state index contributed by atoms with van der Waals surface area (Å²) in [5.74, 6) is -1.28. The number of benzene rings is 1. The van der Waals surface area contributed by atoms with Gasteiger partial charge in [-0.3, -0.25) is 4.79 Å². The fraction of sp³-hybridized carbons (Fsp3) is 0.500. The van der Waals surface area contributed by atoms with Crippen LogP contribution in [0.1, 0.15) is 26.7 Å². The van der Waals surface area contributed by atoms with Gasteiger partial charge in [-0.15, -0.1) is 11.8 Å². The molecule has 1 aliphatic rings. The van der Waals surface area contributed by atoms with E-state index < -0.39 is 11.9 Å². The number of piperidine rings is 1. The van der Waals surface area contributed by atoms with Crippen molar-refractivity contribution in [2.45, 2.75) is 36.8 Å². The smallest absolute Gasteiger partial charge is 0.321 e. The zero-order chi connectivity index (χ0) is 16.1. The molecular weight excluding hydrogens is 300 g/mol. The van der Waals surface area contributed by atoms with Crippen LogP contribution < -0.4 is 5.32 Å². The van der Waals surface area contributed by atoms with Crippen LogP contribution in [0.3, 0.4) is 0 Å². The predicted octanol–water partition coefficient (Wildman–Crippen LogP) is 3.52. The predicted molar refractivity (Wildman–Crippen MR) is 88.4 cm³/mol. The number of amides is 2. The molecular formula is C16H22N2O3S. The van der Waals surface area contributed by atoms with Crippen LogP contribution in [0.2, 0.25) is 0 Å². The van der Waals surface area contributed by atoms with E-state index in [0.717, 1.165) is 17.0 Å². The van der Waals surface area contributed by atoms with Crippen LogP contribution in [0.15, 0.2) is 29.2 Å². The van der Waals surface area contributed by atoms with Gasteiger partial charge in [-0.1, -0.05) is 26.0 Å². The van der Waals surface area contributed by atoms with E-state index in [0.29, 0.717) is 18.2 Å². The van der Waals surface area contributed by atoms with Crippen LogP contribution in [0.25, 0.3) is 0 Å². The van der Waals surface area contributed by atoms with Crippen molar-refractivity contribution >= 4 is 29.4 Å². The number of aliphatic carboxylic acids is 1. The van der Waals surface area contributed by atoms with Crippen molar-refractivity contribution in [2.24, 2.45) is 5.92 Å². The molecule has 1 aromatic carbocycles. The van der Waals surface area contributed by atoms with Gasteiger partial charge in [0.15, 0.2) is 0 Å². The number of nitrogens with zero attached hydrogens (tertiary/aromatic N) is 1. The molecule has 1 fully saturated rings. The number of para-hydroxylation sites is 1. The number of urea groups is 1. The van der Waals surface area contributed by atoms with Gasteiger partial charge in [0.25, 0.3) is 0 Å². The number of carboxylic acid groups (broad SMARTS) is 1. The van der Waals surface area contributed by atoms with Crippen molar-refractivity contribution in [2.75, 3.05) is 18.4 Å². The Kier molecular flexibility index (Phi) is 5.71. The summed E-state index contributed by atoms with van der Waals surface area (Å²) in [6.07, 6.45) is 1.37. The van der Waals surface area contributed by atoms with Crippen molar-refractivity contribution in [3.63, 3.8) is 0 Å². The Morgan fingerprint density at radius 1 is 1.36 bits per heavy atom. The van der Waals surface area contributed by atoms with Crippen molar-refractivity contribution < 1.29 is 14.7 Å². The quantitative estimate of drug-likeness (QED) is 0.832. The molecule has 0 spiro atoms. The molecule has 0 aliphatic carbocycles. The van der Waals surface area contributed by atoms with E-state index >= 15 is 0 Å². The molecule has 1 aromatic rings. The molecule has 1 heterocycles. The van der Waals surface area contributed by atoms with Crippen LogP contribution >= 0.6 is 11.8 Å². The van der Waals surface area contributed by atoms with Gasteiger partial charge in [-0.25, -0.2) is 4.79 Å². The lowest BCUT2D eigenvalue weighted by Crippen LogP contribution is -2.44. The molecule has 0 bridgehead atoms. The van der Waals surface area contributed by atoms with Crippen LogP contribution in [-0.2, 0) is 4.79 Å². The van der Waals surface area contributed by atoms with Gasteiger partial charge >= 0.3 is 12.0 Å². The summed E-state index contributed by atoms with van der Waals surface area (Å²) in [6, 6.07) is 7.47. The Balaban J connectivity index is 2.04. The van der Waals surface area contributed by atoms with Crippen LogP contribution in [0.4, 0.5) is 10.5 Å². The van der Waals surface area contributed by atoms with Crippen LogP contribution in [-0.4, -0.2) is 40.3 Å². The maximum Gasteiger partial charge on any atom is 0.321 e. The van der Waals surface area contributed by atoms with Crippen LogP contribution in [0.5, 0.6) is 0 Å². The average Bonchev–Trinajstić information content (AvgIpc) is 2.49. The molecule has 2 N–H and O–H groups in total. The molecule has 6 heteroatoms. The minimum atomic E-state index is -0.826. The molecule has 0 saturated carbocycles. The first-order valence-electron chi connectivity index (χ1n) is 7.51. The Morgan fingerprint density at radius 3 is 2.77 bits per heavy atom. The number of likely N-dealkylation sites (tertiary alicyclic amines) is 1. The summed E-state index contributed by atoms with van der Waals surface area (Å²) in [5.41, 5.74) is 0.781. The number of carboxylic acids is 1. The standard InChI is InChI=1S/C16H22N2O3S/c1-11(2)22-14-8-4-3-7-13(14)17-16(21)18-9-5-6-12(10-18)15(19)20/h3-4,7-8,11-12H,5-6,9-10H2,1-2H3,(H,17,21)(H,19,20). The van der Waals surface area contributed by atoms with E-state index in [1.54, 1.807) is 16.7 Å². The third-order valence-electron chi connectivity index (χ3n) is 3.55. The Labute approximate surface area is 135 Å². The zero-order valence-electron chi connectivity index (χ0n) is 12.9. The third-order valence-corrected chi connectivity index (χ3v) is 4.63. The van der Waals surface area contributed by atoms with Crippen molar-refractivity contribution in [3.8, 4) is 0 Å². The highest BCUT2D eigenvalue weighted by Crippen LogP contribution is 2.30. The highest BCUT2D eigenvalue weighted by Gasteiger charge is 2.28. The summed E-state index contributed by atoms with van der Waals surface area (Å²) < 4.78 is 0. The molecule has 0 radical (unpaired) electrons. The highest BCUT2D eigenvalue weighted by molar-refractivity contribution is 8.00. The summed E-state index contributed by atoms with van der Waals surface area (Å²) in [7, 11) is 0. The number of hydrogen-bond acceptors (Lipinski definition) is 3. The molecule has 2 amide bonds. The molecule has 5 nitrogen and oxygen atoms in total. The molecule has 1 atom stereocenters. The second kappa shape index (κ2) is 7.54. The fourth-order valence-corrected chi connectivity index (χ4v) is 3.40. The monoisotopic (exact) mass is 322 g/mol. The van der Waals surface area contributed by atoms with Crippen LogP contribution in [0, 0.1) is 5.92 Å². The van der Waals surface area contributed by atoms with E-state index in [2.05, 4.69) is 19.2 Å². The number of carbonyl (C=O) groups is 2. The molecule has 1 saturated heterocycles. The first kappa shape index (κ1) is 16.7. The van der Waals surface area contributed by atoms with Gasteiger partial charge < -0.3 is 15.3 Å². The van der Waals surface area contributed by atoms with Crippen molar-refractivity contribution in [1.82, 2.24) is 4.90 Å². The summed E-state index contributed by atoms with van der Waals surface area (Å²) in [4.78, 5) is 26.1. The van der Waals surface area contributed by atoms with E-state index in [1.165, 1.54) is 0 Å². The van der Waals surface area contributed by atoms with Gasteiger partial charge in [0.2, 0.25) is 0 Å². The molecule has 0 aromatic heterocycles. The highest BCUT2D eigenvalue weighted by atomic mass is 32.2. The number of rotatable bonds is 4. The lowest BCUT2D eigenvalue weighted by molar-refractivity contribution is -0.143. The second-order valence-corrected chi connectivity index (χ2v) is 7.33. The van der Waals surface area contributed by atoms with Gasteiger partial charge in [-0.2, -0.15) is 0 Å². The fourth-order valence-electron chi connectivity index (χ4n) is 2.48. The van der Waals surface area contributed by atoms with Gasteiger partial charge in [0.05, 0.1) is 11.6 Å². The molecule has 1 aliphatic heterocycles. The van der Waals surface area contributed by atoms with E-state index in [9.17, 15) is 9.59 Å². The SMILES string of the molecule is CC(C)Sc1ccccc1NC(=O)N1CCCC(C(=O)O)C1. The topological polar surface area (TPSA) is 69.6 Å². The minimum absolute atomic E-state index is 0.220. The van der Waals surface area contributed by atoms with E-state index in [-0.39, 0.29) is 12.6 Å². The number of hydrogen-bond donors (Lipinski definition) is 2. The summed E-state index contributed by atoms with van der Waals surface area (Å²) in [6.45, 7) is 5.09. The van der Waals surface area contributed by atoms with Gasteiger partial charge in [0, 0.05) is 23.2 Å². The number of thioether (sulfide) groups is 1. The Morgan fingerprint density at radius 2 is 2.09 bits per heavy atom. The van der Waals surface area contributed by atoms with Crippen molar-refractivity contribution in [1.29, 1.82) is 0 Å². The molecule has 22 heavy (non-hydrogen) atoms. The van der Waals surface area contributed by atoms with E-state index in [4.69, 9.17) is 5.11 Å².